The van der Waals surface area contributed by atoms with Crippen molar-refractivity contribution in [2.75, 3.05) is 0 Å². The molecule has 0 aliphatic carbocycles. The first kappa shape index (κ1) is 15.4. The quantitative estimate of drug-likeness (QED) is 0.627. The number of carbonyl (C=O) groups is 1. The van der Waals surface area contributed by atoms with Gasteiger partial charge >= 0.3 is 0 Å². The zero-order valence-electron chi connectivity index (χ0n) is 14.4. The molecule has 0 aliphatic heterocycles. The standard InChI is InChI=1S/C19H19N5O/c1-12(2)22-18(25)16-11-15-17(24(16)19-20-9-6-10-21-19)13-7-4-5-8-14(13)23(15)3/h4-12H,1-3H3,(H,22,25). The number of para-hydroxylation sites is 1. The van der Waals surface area contributed by atoms with Gasteiger partial charge in [-0.2, -0.15) is 0 Å². The van der Waals surface area contributed by atoms with E-state index in [-0.39, 0.29) is 11.9 Å². The number of hydrogen-bond donors (Lipinski definition) is 1. The highest BCUT2D eigenvalue weighted by Gasteiger charge is 2.23. The predicted molar refractivity (Wildman–Crippen MR) is 97.9 cm³/mol. The Morgan fingerprint density at radius 2 is 1.80 bits per heavy atom. The van der Waals surface area contributed by atoms with Gasteiger partial charge in [0.1, 0.15) is 5.69 Å². The maximum Gasteiger partial charge on any atom is 0.268 e. The lowest BCUT2D eigenvalue weighted by molar-refractivity contribution is 0.0936. The average molecular weight is 333 g/mol. The van der Waals surface area contributed by atoms with Gasteiger partial charge in [0.05, 0.1) is 16.6 Å². The maximum absolute atomic E-state index is 12.8. The second-order valence-corrected chi connectivity index (χ2v) is 6.35. The van der Waals surface area contributed by atoms with E-state index in [2.05, 4.69) is 32.0 Å². The fourth-order valence-corrected chi connectivity index (χ4v) is 3.23. The van der Waals surface area contributed by atoms with E-state index in [1.807, 2.05) is 43.7 Å². The number of hydrogen-bond acceptors (Lipinski definition) is 3. The van der Waals surface area contributed by atoms with Crippen molar-refractivity contribution in [3.05, 3.63) is 54.5 Å². The Morgan fingerprint density at radius 3 is 2.52 bits per heavy atom. The summed E-state index contributed by atoms with van der Waals surface area (Å²) in [7, 11) is 2.00. The van der Waals surface area contributed by atoms with Crippen molar-refractivity contribution in [2.45, 2.75) is 19.9 Å². The summed E-state index contributed by atoms with van der Waals surface area (Å²) >= 11 is 0. The Kier molecular flexibility index (Phi) is 3.53. The van der Waals surface area contributed by atoms with Crippen molar-refractivity contribution in [1.29, 1.82) is 0 Å². The van der Waals surface area contributed by atoms with Crippen LogP contribution >= 0.6 is 0 Å². The third kappa shape index (κ3) is 2.38. The SMILES string of the molecule is CC(C)NC(=O)c1cc2c(c3ccccc3n2C)n1-c1ncccn1. The number of nitrogens with zero attached hydrogens (tertiary/aromatic N) is 4. The van der Waals surface area contributed by atoms with Crippen LogP contribution in [0.5, 0.6) is 0 Å². The van der Waals surface area contributed by atoms with E-state index in [0.29, 0.717) is 11.6 Å². The molecular formula is C19H19N5O. The lowest BCUT2D eigenvalue weighted by Crippen LogP contribution is -2.31. The molecule has 0 saturated carbocycles. The number of aromatic nitrogens is 4. The van der Waals surface area contributed by atoms with Crippen LogP contribution in [-0.4, -0.2) is 31.1 Å². The van der Waals surface area contributed by atoms with Crippen LogP contribution in [0.25, 0.3) is 27.9 Å². The fraction of sp³-hybridized carbons (Fsp3) is 0.211. The minimum atomic E-state index is -0.136. The Morgan fingerprint density at radius 1 is 1.08 bits per heavy atom. The molecular weight excluding hydrogens is 314 g/mol. The van der Waals surface area contributed by atoms with Crippen LogP contribution < -0.4 is 5.32 Å². The third-order valence-electron chi connectivity index (χ3n) is 4.27. The normalized spacial score (nSPS) is 11.5. The van der Waals surface area contributed by atoms with Crippen molar-refractivity contribution in [3.8, 4) is 5.95 Å². The summed E-state index contributed by atoms with van der Waals surface area (Å²) in [6.45, 7) is 3.89. The molecule has 4 rings (SSSR count). The van der Waals surface area contributed by atoms with Gasteiger partial charge < -0.3 is 9.88 Å². The average Bonchev–Trinajstić information content (AvgIpc) is 3.12. The summed E-state index contributed by atoms with van der Waals surface area (Å²) in [5.74, 6) is 0.352. The van der Waals surface area contributed by atoms with Crippen molar-refractivity contribution in [3.63, 3.8) is 0 Å². The van der Waals surface area contributed by atoms with Gasteiger partial charge in [-0.25, -0.2) is 9.97 Å². The number of fused-ring (bicyclic) bond motifs is 3. The van der Waals surface area contributed by atoms with Crippen LogP contribution in [0, 0.1) is 0 Å². The molecule has 6 heteroatoms. The highest BCUT2D eigenvalue weighted by molar-refractivity contribution is 6.10. The summed E-state index contributed by atoms with van der Waals surface area (Å²) in [6.07, 6.45) is 3.37. The molecule has 6 nitrogen and oxygen atoms in total. The molecule has 3 aromatic heterocycles. The summed E-state index contributed by atoms with van der Waals surface area (Å²) in [5, 5.41) is 4.03. The Balaban J connectivity index is 2.09. The first-order valence-electron chi connectivity index (χ1n) is 8.25. The molecule has 4 aromatic rings. The minimum Gasteiger partial charge on any atom is -0.349 e. The van der Waals surface area contributed by atoms with Crippen LogP contribution in [0.4, 0.5) is 0 Å². The van der Waals surface area contributed by atoms with Gasteiger partial charge in [-0.1, -0.05) is 18.2 Å². The molecule has 0 saturated heterocycles. The first-order valence-corrected chi connectivity index (χ1v) is 8.25. The van der Waals surface area contributed by atoms with Gasteiger partial charge in [0.25, 0.3) is 5.91 Å². The van der Waals surface area contributed by atoms with E-state index in [0.717, 1.165) is 21.9 Å². The molecule has 0 aliphatic rings. The second kappa shape index (κ2) is 5.73. The molecule has 0 fully saturated rings. The van der Waals surface area contributed by atoms with Gasteiger partial charge in [-0.15, -0.1) is 0 Å². The number of aryl methyl sites for hydroxylation is 1. The van der Waals surface area contributed by atoms with E-state index >= 15 is 0 Å². The van der Waals surface area contributed by atoms with Crippen molar-refractivity contribution in [1.82, 2.24) is 24.4 Å². The molecule has 1 amide bonds. The highest BCUT2D eigenvalue weighted by Crippen LogP contribution is 2.32. The third-order valence-corrected chi connectivity index (χ3v) is 4.27. The zero-order valence-corrected chi connectivity index (χ0v) is 14.4. The van der Waals surface area contributed by atoms with Gasteiger partial charge in [0, 0.05) is 30.9 Å². The number of benzene rings is 1. The Hall–Kier alpha value is -3.15. The van der Waals surface area contributed by atoms with Crippen LogP contribution in [-0.2, 0) is 7.05 Å². The van der Waals surface area contributed by atoms with E-state index in [1.165, 1.54) is 0 Å². The lowest BCUT2D eigenvalue weighted by atomic mass is 10.2. The van der Waals surface area contributed by atoms with Gasteiger partial charge in [0.2, 0.25) is 5.95 Å². The van der Waals surface area contributed by atoms with Crippen molar-refractivity contribution in [2.24, 2.45) is 7.05 Å². The van der Waals surface area contributed by atoms with E-state index in [4.69, 9.17) is 0 Å². The van der Waals surface area contributed by atoms with Crippen LogP contribution in [0.3, 0.4) is 0 Å². The van der Waals surface area contributed by atoms with Gasteiger partial charge in [-0.3, -0.25) is 9.36 Å². The summed E-state index contributed by atoms with van der Waals surface area (Å²) in [4.78, 5) is 21.5. The Bertz CT molecular complexity index is 1080. The molecule has 1 aromatic carbocycles. The van der Waals surface area contributed by atoms with Gasteiger partial charge in [0.15, 0.2) is 0 Å². The second-order valence-electron chi connectivity index (χ2n) is 6.35. The minimum absolute atomic E-state index is 0.0485. The largest absolute Gasteiger partial charge is 0.349 e. The van der Waals surface area contributed by atoms with Crippen molar-refractivity contribution < 1.29 is 4.79 Å². The molecule has 126 valence electrons. The molecule has 0 bridgehead atoms. The van der Waals surface area contributed by atoms with E-state index in [9.17, 15) is 4.79 Å². The van der Waals surface area contributed by atoms with E-state index in [1.54, 1.807) is 18.5 Å². The summed E-state index contributed by atoms with van der Waals surface area (Å²) < 4.78 is 3.94. The number of amides is 1. The molecule has 0 atom stereocenters. The smallest absolute Gasteiger partial charge is 0.268 e. The first-order chi connectivity index (χ1) is 12.1. The number of rotatable bonds is 3. The summed E-state index contributed by atoms with van der Waals surface area (Å²) in [5.41, 5.74) is 3.56. The molecule has 1 N–H and O–H groups in total. The summed E-state index contributed by atoms with van der Waals surface area (Å²) in [6, 6.07) is 11.9. The highest BCUT2D eigenvalue weighted by atomic mass is 16.2. The molecule has 0 spiro atoms. The monoisotopic (exact) mass is 333 g/mol. The lowest BCUT2D eigenvalue weighted by Gasteiger charge is -2.11. The van der Waals surface area contributed by atoms with Crippen molar-refractivity contribution >= 4 is 27.8 Å². The van der Waals surface area contributed by atoms with Crippen LogP contribution in [0.2, 0.25) is 0 Å². The predicted octanol–water partition coefficient (Wildman–Crippen LogP) is 3.05. The fourth-order valence-electron chi connectivity index (χ4n) is 3.23. The number of nitrogens with one attached hydrogen (secondary N) is 1. The molecule has 0 radical (unpaired) electrons. The zero-order chi connectivity index (χ0) is 17.6. The topological polar surface area (TPSA) is 64.7 Å². The molecule has 3 heterocycles. The van der Waals surface area contributed by atoms with Crippen LogP contribution in [0.15, 0.2) is 48.8 Å². The van der Waals surface area contributed by atoms with E-state index < -0.39 is 0 Å². The van der Waals surface area contributed by atoms with Crippen LogP contribution in [0.1, 0.15) is 24.3 Å². The maximum atomic E-state index is 12.8. The molecule has 25 heavy (non-hydrogen) atoms. The number of carbonyl (C=O) groups excluding carboxylic acids is 1. The van der Waals surface area contributed by atoms with Gasteiger partial charge in [-0.05, 0) is 32.0 Å². The molecule has 0 unspecified atom stereocenters. The Labute approximate surface area is 145 Å².